The van der Waals surface area contributed by atoms with Crippen LogP contribution in [0.25, 0.3) is 77.2 Å². The molecule has 0 aliphatic rings. The predicted molar refractivity (Wildman–Crippen MR) is 205 cm³/mol. The molecule has 0 unspecified atom stereocenters. The van der Waals surface area contributed by atoms with Gasteiger partial charge in [0.05, 0.1) is 68.6 Å². The minimum atomic E-state index is 0.425. The summed E-state index contributed by atoms with van der Waals surface area (Å²) in [6.45, 7) is 0. The summed E-state index contributed by atoms with van der Waals surface area (Å²) >= 11 is 0. The van der Waals surface area contributed by atoms with Gasteiger partial charge >= 0.3 is 0 Å². The van der Waals surface area contributed by atoms with Gasteiger partial charge in [-0.05, 0) is 77.9 Å². The van der Waals surface area contributed by atoms with E-state index in [2.05, 4.69) is 106 Å². The van der Waals surface area contributed by atoms with E-state index in [4.69, 9.17) is 0 Å². The van der Waals surface area contributed by atoms with Gasteiger partial charge in [0.2, 0.25) is 0 Å². The predicted octanol–water partition coefficient (Wildman–Crippen LogP) is 10.7. The van der Waals surface area contributed by atoms with Gasteiger partial charge in [-0.25, -0.2) is 0 Å². The van der Waals surface area contributed by atoms with E-state index < -0.39 is 0 Å². The quantitative estimate of drug-likeness (QED) is 0.187. The second kappa shape index (κ2) is 11.9. The maximum Gasteiger partial charge on any atom is 0.0998 e. The van der Waals surface area contributed by atoms with Crippen molar-refractivity contribution in [3.8, 4) is 57.9 Å². The molecule has 9 aromatic rings. The number of para-hydroxylation sites is 2. The third kappa shape index (κ3) is 4.47. The molecule has 0 saturated carbocycles. The van der Waals surface area contributed by atoms with Gasteiger partial charge in [-0.15, -0.1) is 0 Å². The Morgan fingerprint density at radius 3 is 1.12 bits per heavy atom. The molecule has 0 bridgehead atoms. The van der Waals surface area contributed by atoms with Crippen LogP contribution in [0, 0.1) is 45.3 Å². The lowest BCUT2D eigenvalue weighted by Gasteiger charge is -2.14. The minimum absolute atomic E-state index is 0.425. The fourth-order valence-corrected chi connectivity index (χ4v) is 7.68. The van der Waals surface area contributed by atoms with E-state index in [1.807, 2.05) is 36.4 Å². The second-order valence-electron chi connectivity index (χ2n) is 12.6. The average molecular weight is 661 g/mol. The molecule has 0 spiro atoms. The second-order valence-corrected chi connectivity index (χ2v) is 12.6. The van der Waals surface area contributed by atoms with Gasteiger partial charge in [-0.1, -0.05) is 78.9 Å². The summed E-state index contributed by atoms with van der Waals surface area (Å²) in [5, 5.41) is 44.5. The maximum absolute atomic E-state index is 10.0. The zero-order chi connectivity index (χ0) is 35.3. The van der Waals surface area contributed by atoms with Gasteiger partial charge in [0.25, 0.3) is 0 Å². The van der Waals surface area contributed by atoms with E-state index in [0.717, 1.165) is 55.3 Å². The number of hydrogen-bond donors (Lipinski definition) is 0. The zero-order valence-electron chi connectivity index (χ0n) is 27.5. The first-order chi connectivity index (χ1) is 25.6. The first-order valence-electron chi connectivity index (χ1n) is 16.7. The molecule has 0 amide bonds. The molecule has 0 radical (unpaired) electrons. The topological polar surface area (TPSA) is 105 Å². The summed E-state index contributed by atoms with van der Waals surface area (Å²) in [5.41, 5.74) is 10.2. The van der Waals surface area contributed by atoms with Crippen LogP contribution in [0.15, 0.2) is 146 Å². The first kappa shape index (κ1) is 30.2. The van der Waals surface area contributed by atoms with E-state index in [1.165, 1.54) is 10.8 Å². The van der Waals surface area contributed by atoms with Crippen molar-refractivity contribution in [3.05, 3.63) is 168 Å². The van der Waals surface area contributed by atoms with Crippen molar-refractivity contribution in [1.82, 2.24) is 9.13 Å². The molecular weight excluding hydrogens is 637 g/mol. The Morgan fingerprint density at radius 2 is 0.692 bits per heavy atom. The molecule has 0 N–H and O–H groups in total. The number of rotatable bonds is 4. The fourth-order valence-electron chi connectivity index (χ4n) is 7.68. The van der Waals surface area contributed by atoms with E-state index in [-0.39, 0.29) is 0 Å². The van der Waals surface area contributed by atoms with Crippen LogP contribution in [0.5, 0.6) is 0 Å². The number of hydrogen-bond acceptors (Lipinski definition) is 4. The first-order valence-corrected chi connectivity index (χ1v) is 16.7. The van der Waals surface area contributed by atoms with E-state index >= 15 is 0 Å². The maximum atomic E-state index is 10.0. The molecule has 52 heavy (non-hydrogen) atoms. The average Bonchev–Trinajstić information content (AvgIpc) is 3.72. The van der Waals surface area contributed by atoms with Crippen LogP contribution >= 0.6 is 0 Å². The van der Waals surface area contributed by atoms with Crippen LogP contribution in [0.3, 0.4) is 0 Å². The number of nitriles is 4. The SMILES string of the molecule is N#Cc1cccc(C#N)c1-c1ccc2c3ccc(-c4c(C#N)cccc4C#N)cc3n(-c3cccc(-n4c5ccccc5c5ccccc54)c3)c2c1. The van der Waals surface area contributed by atoms with Gasteiger partial charge in [0.1, 0.15) is 0 Å². The smallest absolute Gasteiger partial charge is 0.0998 e. The number of nitrogens with zero attached hydrogens (tertiary/aromatic N) is 6. The molecule has 2 heterocycles. The van der Waals surface area contributed by atoms with Gasteiger partial charge in [0, 0.05) is 44.0 Å². The van der Waals surface area contributed by atoms with Crippen molar-refractivity contribution in [3.63, 3.8) is 0 Å². The van der Waals surface area contributed by atoms with Crippen LogP contribution in [0.4, 0.5) is 0 Å². The fraction of sp³-hybridized carbons (Fsp3) is 0. The summed E-state index contributed by atoms with van der Waals surface area (Å²) in [4.78, 5) is 0. The van der Waals surface area contributed by atoms with Gasteiger partial charge < -0.3 is 9.13 Å². The molecule has 0 atom stereocenters. The Bertz CT molecular complexity index is 2880. The van der Waals surface area contributed by atoms with Crippen LogP contribution in [-0.4, -0.2) is 9.13 Å². The lowest BCUT2D eigenvalue weighted by atomic mass is 9.94. The van der Waals surface area contributed by atoms with Crippen LogP contribution < -0.4 is 0 Å². The zero-order valence-corrected chi connectivity index (χ0v) is 27.5. The molecule has 6 heteroatoms. The third-order valence-corrected chi connectivity index (χ3v) is 9.88. The van der Waals surface area contributed by atoms with Crippen molar-refractivity contribution in [2.45, 2.75) is 0 Å². The summed E-state index contributed by atoms with van der Waals surface area (Å²) in [5.74, 6) is 0. The van der Waals surface area contributed by atoms with E-state index in [1.54, 1.807) is 36.4 Å². The molecule has 0 fully saturated rings. The van der Waals surface area contributed by atoms with Crippen molar-refractivity contribution >= 4 is 43.6 Å². The van der Waals surface area contributed by atoms with E-state index in [9.17, 15) is 21.0 Å². The van der Waals surface area contributed by atoms with Crippen molar-refractivity contribution in [1.29, 1.82) is 21.0 Å². The third-order valence-electron chi connectivity index (χ3n) is 9.88. The standard InChI is InChI=1S/C46H24N6/c47-25-31-8-5-9-32(26-48)45(31)29-18-20-39-40-21-19-30(46-33(27-49)10-6-11-34(46)28-50)23-44(40)52(43(39)22-29)36-13-7-12-35(24-36)51-41-16-3-1-14-37(41)38-15-2-4-17-42(38)51/h1-24H. The normalized spacial score (nSPS) is 11.0. The van der Waals surface area contributed by atoms with Crippen molar-refractivity contribution in [2.75, 3.05) is 0 Å². The van der Waals surface area contributed by atoms with Gasteiger partial charge in [0.15, 0.2) is 0 Å². The molecule has 0 saturated heterocycles. The Labute approximate surface area is 298 Å². The lowest BCUT2D eigenvalue weighted by molar-refractivity contribution is 1.13. The molecule has 0 aliphatic carbocycles. The molecule has 7 aromatic carbocycles. The molecule has 0 aliphatic heterocycles. The summed E-state index contributed by atoms with van der Waals surface area (Å²) in [7, 11) is 0. The Kier molecular flexibility index (Phi) is 6.91. The molecule has 6 nitrogen and oxygen atoms in total. The Morgan fingerprint density at radius 1 is 0.327 bits per heavy atom. The Hall–Kier alpha value is -7.90. The van der Waals surface area contributed by atoms with Gasteiger partial charge in [-0.3, -0.25) is 0 Å². The lowest BCUT2D eigenvalue weighted by Crippen LogP contribution is -1.99. The minimum Gasteiger partial charge on any atom is -0.309 e. The highest BCUT2D eigenvalue weighted by molar-refractivity contribution is 6.12. The molecule has 238 valence electrons. The number of benzene rings is 7. The highest BCUT2D eigenvalue weighted by atomic mass is 15.0. The van der Waals surface area contributed by atoms with Crippen molar-refractivity contribution in [2.24, 2.45) is 0 Å². The molecular formula is C46H24N6. The summed E-state index contributed by atoms with van der Waals surface area (Å²) in [6.07, 6.45) is 0. The summed E-state index contributed by atoms with van der Waals surface area (Å²) in [6, 6.07) is 56.8. The van der Waals surface area contributed by atoms with E-state index in [0.29, 0.717) is 33.4 Å². The largest absolute Gasteiger partial charge is 0.309 e. The van der Waals surface area contributed by atoms with Crippen molar-refractivity contribution < 1.29 is 0 Å². The Balaban J connectivity index is 1.37. The van der Waals surface area contributed by atoms with Crippen LogP contribution in [-0.2, 0) is 0 Å². The number of aromatic nitrogens is 2. The monoisotopic (exact) mass is 660 g/mol. The van der Waals surface area contributed by atoms with Gasteiger partial charge in [-0.2, -0.15) is 21.0 Å². The molecule has 9 rings (SSSR count). The summed E-state index contributed by atoms with van der Waals surface area (Å²) < 4.78 is 4.47. The highest BCUT2D eigenvalue weighted by Crippen LogP contribution is 2.40. The van der Waals surface area contributed by atoms with Crippen LogP contribution in [0.2, 0.25) is 0 Å². The highest BCUT2D eigenvalue weighted by Gasteiger charge is 2.20. The number of fused-ring (bicyclic) bond motifs is 6. The molecule has 2 aromatic heterocycles. The van der Waals surface area contributed by atoms with Crippen LogP contribution in [0.1, 0.15) is 22.3 Å².